The Morgan fingerprint density at radius 3 is 2.00 bits per heavy atom. The summed E-state index contributed by atoms with van der Waals surface area (Å²) in [7, 11) is 0. The molecule has 0 saturated heterocycles. The molecule has 0 aliphatic heterocycles. The van der Waals surface area contributed by atoms with Crippen LogP contribution in [0.1, 0.15) is 90.4 Å². The topological polar surface area (TPSA) is 25.8 Å². The molecule has 55 heavy (non-hydrogen) atoms. The third-order valence-electron chi connectivity index (χ3n) is 9.13. The zero-order chi connectivity index (χ0) is 43.5. The molecule has 0 N–H and O–H groups in total. The van der Waals surface area contributed by atoms with Crippen molar-refractivity contribution in [3.05, 3.63) is 192 Å². The third kappa shape index (κ3) is 11.1. The van der Waals surface area contributed by atoms with Crippen LogP contribution in [0.4, 0.5) is 0 Å². The molecule has 1 radical (unpaired) electrons. The van der Waals surface area contributed by atoms with Crippen molar-refractivity contribution in [3.8, 4) is 44.8 Å². The van der Waals surface area contributed by atoms with Crippen molar-refractivity contribution in [2.24, 2.45) is 5.41 Å². The number of rotatable bonds is 7. The molecule has 281 valence electrons. The first-order chi connectivity index (χ1) is 28.2. The molecule has 0 bridgehead atoms. The van der Waals surface area contributed by atoms with Gasteiger partial charge in [0.1, 0.15) is 0 Å². The fourth-order valence-corrected chi connectivity index (χ4v) is 6.20. The summed E-state index contributed by atoms with van der Waals surface area (Å²) in [5.74, 6) is -1.06. The molecule has 0 fully saturated rings. The molecule has 2 heterocycles. The van der Waals surface area contributed by atoms with Gasteiger partial charge in [-0.3, -0.25) is 0 Å². The molecule has 2 nitrogen and oxygen atoms in total. The largest absolute Gasteiger partial charge is 0.305 e. The minimum Gasteiger partial charge on any atom is -0.305 e. The van der Waals surface area contributed by atoms with E-state index in [-0.39, 0.29) is 31.1 Å². The van der Waals surface area contributed by atoms with E-state index in [2.05, 4.69) is 62.2 Å². The van der Waals surface area contributed by atoms with Gasteiger partial charge in [0, 0.05) is 52.2 Å². The Morgan fingerprint density at radius 2 is 1.36 bits per heavy atom. The van der Waals surface area contributed by atoms with Crippen LogP contribution >= 0.6 is 0 Å². The second-order valence-corrected chi connectivity index (χ2v) is 15.6. The summed E-state index contributed by atoms with van der Waals surface area (Å²) in [5.41, 5.74) is 10.4. The molecular weight excluding hydrogens is 845 g/mol. The maximum atomic E-state index is 9.41. The molecule has 0 saturated carbocycles. The van der Waals surface area contributed by atoms with Crippen LogP contribution < -0.4 is 0 Å². The van der Waals surface area contributed by atoms with Crippen molar-refractivity contribution >= 4 is 0 Å². The zero-order valence-electron chi connectivity index (χ0n) is 38.7. The van der Waals surface area contributed by atoms with Gasteiger partial charge in [-0.05, 0) is 58.2 Å². The summed E-state index contributed by atoms with van der Waals surface area (Å²) in [6.45, 7) is 12.0. The van der Waals surface area contributed by atoms with Gasteiger partial charge in [-0.1, -0.05) is 168 Å². The molecule has 3 heteroatoms. The van der Waals surface area contributed by atoms with Gasteiger partial charge < -0.3 is 9.97 Å². The summed E-state index contributed by atoms with van der Waals surface area (Å²) in [5, 5.41) is 0. The Kier molecular flexibility index (Phi) is 11.0. The Bertz CT molecular complexity index is 2520. The zero-order valence-corrected chi connectivity index (χ0v) is 35.1. The number of hydrogen-bond donors (Lipinski definition) is 0. The first kappa shape index (κ1) is 33.4. The average molecular weight is 903 g/mol. The van der Waals surface area contributed by atoms with Crippen molar-refractivity contribution in [1.29, 1.82) is 0 Å². The average Bonchev–Trinajstić information content (AvgIpc) is 3.23. The van der Waals surface area contributed by atoms with Gasteiger partial charge in [0.2, 0.25) is 0 Å². The molecule has 1 atom stereocenters. The van der Waals surface area contributed by atoms with Crippen LogP contribution in [0, 0.1) is 24.4 Å². The summed E-state index contributed by atoms with van der Waals surface area (Å²) < 4.78 is 49.3. The molecule has 7 aromatic rings. The van der Waals surface area contributed by atoms with E-state index in [0.717, 1.165) is 55.9 Å². The van der Waals surface area contributed by atoms with Crippen molar-refractivity contribution < 1.29 is 28.3 Å². The van der Waals surface area contributed by atoms with Gasteiger partial charge in [-0.25, -0.2) is 0 Å². The number of aryl methyl sites for hydroxylation is 1. The van der Waals surface area contributed by atoms with E-state index >= 15 is 0 Å². The van der Waals surface area contributed by atoms with Crippen LogP contribution in [0.2, 0.25) is 0 Å². The summed E-state index contributed by atoms with van der Waals surface area (Å²) in [6.07, 6.45) is 2.03. The molecule has 0 spiro atoms. The number of hydrogen-bond acceptors (Lipinski definition) is 2. The normalized spacial score (nSPS) is 14.5. The number of nitrogens with zero attached hydrogens (tertiary/aromatic N) is 2. The minimum absolute atomic E-state index is 0. The second kappa shape index (κ2) is 18.1. The van der Waals surface area contributed by atoms with E-state index in [1.807, 2.05) is 113 Å². The summed E-state index contributed by atoms with van der Waals surface area (Å²) in [4.78, 5) is 9.17. The maximum Gasteiger partial charge on any atom is 0.0399 e. The SMILES string of the molecule is [2H]C([2H])([2H])c1ccc(-c2cnc(-c3[c-]ccc(C(C)(C)C)c3)cc2C([2H])(C)c2ccccc2)cc1.[2H]C([2H])(c1ccnc(-c2[c-]cc(-c3ccccc3)cc2)c1)C(C)(C)C.[Ir]. The standard InChI is InChI=1S/C30H30N.C22H22N.Ir/c1-21-14-16-24(17-15-21)28-20-31-29(25-12-9-13-26(18-25)30(3,4)5)19-27(28)22(2)23-10-7-6-8-11-23;1-22(2,3)16-17-13-14-23-21(15-17)20-11-9-19(10-12-20)18-7-5-4-6-8-18;/h6-11,13-20,22H,1-5H3;4-11,13-15H,16H2,1-3H3;/q2*-1;/i1D3,22D;16D2;. The van der Waals surface area contributed by atoms with Gasteiger partial charge >= 0.3 is 0 Å². The Morgan fingerprint density at radius 1 is 0.691 bits per heavy atom. The number of pyridine rings is 2. The van der Waals surface area contributed by atoms with Crippen LogP contribution in [0.25, 0.3) is 44.8 Å². The van der Waals surface area contributed by atoms with E-state index in [1.165, 1.54) is 5.56 Å². The van der Waals surface area contributed by atoms with Crippen LogP contribution in [-0.4, -0.2) is 9.97 Å². The molecule has 2 aromatic heterocycles. The van der Waals surface area contributed by atoms with E-state index < -0.39 is 24.5 Å². The Hall–Kier alpha value is -4.95. The first-order valence-corrected chi connectivity index (χ1v) is 18.4. The van der Waals surface area contributed by atoms with Crippen molar-refractivity contribution in [1.82, 2.24) is 9.97 Å². The molecule has 0 amide bonds. The van der Waals surface area contributed by atoms with Gasteiger partial charge in [-0.2, -0.15) is 0 Å². The molecule has 5 aromatic carbocycles. The van der Waals surface area contributed by atoms with Crippen molar-refractivity contribution in [2.75, 3.05) is 0 Å². The Labute approximate surface area is 352 Å². The minimum atomic E-state index is -2.16. The van der Waals surface area contributed by atoms with Crippen LogP contribution in [0.15, 0.2) is 152 Å². The first-order valence-electron chi connectivity index (χ1n) is 21.4. The van der Waals surface area contributed by atoms with Gasteiger partial charge in [0.05, 0.1) is 0 Å². The maximum absolute atomic E-state index is 9.41. The summed E-state index contributed by atoms with van der Waals surface area (Å²) in [6, 6.07) is 51.0. The third-order valence-corrected chi connectivity index (χ3v) is 9.13. The van der Waals surface area contributed by atoms with Crippen molar-refractivity contribution in [3.63, 3.8) is 0 Å². The van der Waals surface area contributed by atoms with Crippen LogP contribution in [-0.2, 0) is 31.9 Å². The van der Waals surface area contributed by atoms with Gasteiger partial charge in [0.15, 0.2) is 0 Å². The van der Waals surface area contributed by atoms with Gasteiger partial charge in [-0.15, -0.1) is 65.2 Å². The molecular formula is C52H52IrN2-2. The molecule has 0 aliphatic carbocycles. The van der Waals surface area contributed by atoms with E-state index in [1.54, 1.807) is 42.7 Å². The summed E-state index contributed by atoms with van der Waals surface area (Å²) >= 11 is 0. The van der Waals surface area contributed by atoms with E-state index in [9.17, 15) is 1.37 Å². The number of aromatic nitrogens is 2. The Balaban J connectivity index is 0.000000240. The smallest absolute Gasteiger partial charge is 0.0399 e. The predicted molar refractivity (Wildman–Crippen MR) is 228 cm³/mol. The van der Waals surface area contributed by atoms with E-state index in [4.69, 9.17) is 11.8 Å². The fourth-order valence-electron chi connectivity index (χ4n) is 6.20. The molecule has 1 unspecified atom stereocenters. The quantitative estimate of drug-likeness (QED) is 0.149. The molecule has 0 aliphatic rings. The monoisotopic (exact) mass is 903 g/mol. The van der Waals surface area contributed by atoms with Gasteiger partial charge in [0.25, 0.3) is 0 Å². The molecule has 7 rings (SSSR count). The van der Waals surface area contributed by atoms with Crippen LogP contribution in [0.5, 0.6) is 0 Å². The second-order valence-electron chi connectivity index (χ2n) is 15.6. The van der Waals surface area contributed by atoms with E-state index in [0.29, 0.717) is 5.56 Å². The predicted octanol–water partition coefficient (Wildman–Crippen LogP) is 13.8. The fraction of sp³-hybridized carbons (Fsp3) is 0.231. The van der Waals surface area contributed by atoms with Crippen molar-refractivity contribution in [2.45, 2.75) is 73.0 Å². The van der Waals surface area contributed by atoms with Crippen LogP contribution in [0.3, 0.4) is 0 Å². The number of benzene rings is 5.